The Morgan fingerprint density at radius 2 is 0.592 bits per heavy atom. The van der Waals surface area contributed by atoms with E-state index in [0.717, 1.165) is 0 Å². The molecule has 0 aliphatic heterocycles. The van der Waals surface area contributed by atoms with Gasteiger partial charge < -0.3 is 9.13 Å². The van der Waals surface area contributed by atoms with Crippen molar-refractivity contribution in [3.8, 4) is 67.0 Å². The van der Waals surface area contributed by atoms with Crippen LogP contribution < -0.4 is 0 Å². The predicted molar refractivity (Wildman–Crippen MR) is 313 cm³/mol. The summed E-state index contributed by atoms with van der Waals surface area (Å²) in [4.78, 5) is 0. The third-order valence-corrected chi connectivity index (χ3v) is 18.2. The first-order valence-electron chi connectivity index (χ1n) is 26.7. The van der Waals surface area contributed by atoms with Crippen LogP contribution in [-0.4, -0.2) is 9.13 Å². The fraction of sp³-hybridized carbons (Fsp3) is 0.0270. The molecule has 2 aromatic heterocycles. The lowest BCUT2D eigenvalue weighted by Gasteiger charge is -2.30. The minimum Gasteiger partial charge on any atom is -0.309 e. The van der Waals surface area contributed by atoms with Crippen molar-refractivity contribution >= 4 is 43.6 Å². The number of hydrogen-bond acceptors (Lipinski definition) is 0. The average molecular weight is 961 g/mol. The van der Waals surface area contributed by atoms with Gasteiger partial charge in [-0.3, -0.25) is 0 Å². The predicted octanol–water partition coefficient (Wildman–Crippen LogP) is 18.2. The Morgan fingerprint density at radius 1 is 0.224 bits per heavy atom. The zero-order valence-electron chi connectivity index (χ0n) is 41.3. The molecular weight excluding hydrogens is 917 g/mol. The summed E-state index contributed by atoms with van der Waals surface area (Å²) in [6.07, 6.45) is 0. The monoisotopic (exact) mass is 960 g/mol. The van der Waals surface area contributed by atoms with Crippen molar-refractivity contribution in [3.05, 3.63) is 311 Å². The van der Waals surface area contributed by atoms with Crippen molar-refractivity contribution in [3.63, 3.8) is 0 Å². The molecule has 76 heavy (non-hydrogen) atoms. The minimum atomic E-state index is -0.412. The lowest BCUT2D eigenvalue weighted by atomic mass is 9.70. The lowest BCUT2D eigenvalue weighted by molar-refractivity contribution is 0.792. The van der Waals surface area contributed by atoms with Crippen LogP contribution in [0.4, 0.5) is 0 Å². The number of nitrogens with zero attached hydrogens (tertiary/aromatic N) is 2. The summed E-state index contributed by atoms with van der Waals surface area (Å²) in [5.41, 5.74) is 30.1. The van der Waals surface area contributed by atoms with Crippen molar-refractivity contribution in [2.24, 2.45) is 0 Å². The van der Waals surface area contributed by atoms with E-state index in [9.17, 15) is 0 Å². The van der Waals surface area contributed by atoms with Crippen LogP contribution in [0.5, 0.6) is 0 Å². The van der Waals surface area contributed by atoms with Crippen molar-refractivity contribution in [1.82, 2.24) is 9.13 Å². The normalized spacial score (nSPS) is 14.3. The first-order valence-corrected chi connectivity index (χ1v) is 26.7. The van der Waals surface area contributed by atoms with E-state index in [4.69, 9.17) is 0 Å². The zero-order valence-corrected chi connectivity index (χ0v) is 41.3. The van der Waals surface area contributed by atoms with Gasteiger partial charge in [0.15, 0.2) is 0 Å². The zero-order chi connectivity index (χ0) is 49.4. The molecule has 0 saturated carbocycles. The van der Waals surface area contributed by atoms with Gasteiger partial charge in [0.25, 0.3) is 0 Å². The first-order chi connectivity index (χ1) is 37.7. The topological polar surface area (TPSA) is 9.86 Å². The Morgan fingerprint density at radius 3 is 1.11 bits per heavy atom. The summed E-state index contributed by atoms with van der Waals surface area (Å²) in [6, 6.07) is 101. The number of rotatable bonds is 3. The van der Waals surface area contributed by atoms with Crippen LogP contribution in [0.3, 0.4) is 0 Å². The molecule has 0 unspecified atom stereocenters. The highest BCUT2D eigenvalue weighted by molar-refractivity contribution is 6.14. The number of para-hydroxylation sites is 2. The maximum absolute atomic E-state index is 2.54. The Hall–Kier alpha value is -9.76. The summed E-state index contributed by atoms with van der Waals surface area (Å²) in [5.74, 6) is 0. The second-order valence-electron chi connectivity index (χ2n) is 21.4. The fourth-order valence-electron chi connectivity index (χ4n) is 15.4. The summed E-state index contributed by atoms with van der Waals surface area (Å²) in [6.45, 7) is 0. The molecule has 0 fully saturated rings. The van der Waals surface area contributed by atoms with Crippen LogP contribution in [0, 0.1) is 0 Å². The molecule has 2 spiro atoms. The summed E-state index contributed by atoms with van der Waals surface area (Å²) in [5, 5.41) is 4.98. The average Bonchev–Trinajstić information content (AvgIpc) is 4.50. The van der Waals surface area contributed by atoms with Gasteiger partial charge in [-0.2, -0.15) is 0 Å². The van der Waals surface area contributed by atoms with E-state index in [2.05, 4.69) is 276 Å². The molecule has 0 atom stereocenters. The molecule has 2 heteroatoms. The number of hydrogen-bond donors (Lipinski definition) is 0. The van der Waals surface area contributed by atoms with Gasteiger partial charge in [-0.25, -0.2) is 0 Å². The van der Waals surface area contributed by atoms with Crippen LogP contribution in [0.1, 0.15) is 44.5 Å². The molecule has 0 bridgehead atoms. The van der Waals surface area contributed by atoms with Crippen molar-refractivity contribution < 1.29 is 0 Å². The molecule has 2 heterocycles. The van der Waals surface area contributed by atoms with Crippen LogP contribution in [0.25, 0.3) is 111 Å². The molecule has 12 aromatic carbocycles. The van der Waals surface area contributed by atoms with Gasteiger partial charge in [-0.05, 0) is 149 Å². The molecule has 0 saturated heterocycles. The number of aromatic nitrogens is 2. The molecule has 0 N–H and O–H groups in total. The molecule has 4 aliphatic rings. The quantitative estimate of drug-likeness (QED) is 0.167. The van der Waals surface area contributed by atoms with E-state index in [1.165, 1.54) is 155 Å². The SMILES string of the molecule is c1ccc2c(c1)-c1ccccc1C21c2ccccc2-c2ccc(-n3c4ccccc4c4cc(-c5ccc6c(c5)c5ccccc5n6-c5cccc6c5-c5ccccc5C65c6ccccc6-c6ccccc65)ccc43)cc21. The van der Waals surface area contributed by atoms with Gasteiger partial charge in [0, 0.05) is 32.8 Å². The van der Waals surface area contributed by atoms with Crippen molar-refractivity contribution in [2.45, 2.75) is 10.8 Å². The maximum Gasteiger partial charge on any atom is 0.0726 e. The van der Waals surface area contributed by atoms with E-state index in [1.807, 2.05) is 0 Å². The van der Waals surface area contributed by atoms with Crippen molar-refractivity contribution in [1.29, 1.82) is 0 Å². The number of benzene rings is 12. The van der Waals surface area contributed by atoms with Crippen LogP contribution in [0.2, 0.25) is 0 Å². The molecule has 0 radical (unpaired) electrons. The third kappa shape index (κ3) is 4.80. The molecular formula is C74H44N2. The standard InChI is InChI=1S/C74H44N2/c1-9-26-59-48(18-1)49-19-2-10-27-60(49)73(59)64-31-14-6-25-56(64)72-65(73)32-17-35-71(72)76-68-34-16-8-24-55(68)58-43-46(37-41-70(58)76)45-36-40-69-57(42-45)54-23-7-15-33-67(54)75(69)47-38-39-53-52-22-5-13-30-63(52)74(66(53)44-47)61-28-11-3-20-50(61)51-21-4-12-29-62(51)74/h1-44H. The lowest BCUT2D eigenvalue weighted by Crippen LogP contribution is -2.26. The smallest absolute Gasteiger partial charge is 0.0726 e. The molecule has 18 rings (SSSR count). The highest BCUT2D eigenvalue weighted by Gasteiger charge is 2.53. The van der Waals surface area contributed by atoms with Crippen molar-refractivity contribution in [2.75, 3.05) is 0 Å². The molecule has 350 valence electrons. The second-order valence-corrected chi connectivity index (χ2v) is 21.4. The largest absolute Gasteiger partial charge is 0.309 e. The van der Waals surface area contributed by atoms with Gasteiger partial charge in [0.1, 0.15) is 0 Å². The highest BCUT2D eigenvalue weighted by Crippen LogP contribution is 2.65. The van der Waals surface area contributed by atoms with Crippen LogP contribution >= 0.6 is 0 Å². The minimum absolute atomic E-state index is 0.411. The Bertz CT molecular complexity index is 4790. The molecule has 14 aromatic rings. The van der Waals surface area contributed by atoms with Crippen LogP contribution in [-0.2, 0) is 10.8 Å². The Labute approximate surface area is 439 Å². The summed E-state index contributed by atoms with van der Waals surface area (Å²) in [7, 11) is 0. The van der Waals surface area contributed by atoms with E-state index in [0.29, 0.717) is 0 Å². The first kappa shape index (κ1) is 40.7. The van der Waals surface area contributed by atoms with Gasteiger partial charge in [-0.15, -0.1) is 0 Å². The van der Waals surface area contributed by atoms with Gasteiger partial charge in [-0.1, -0.05) is 212 Å². The van der Waals surface area contributed by atoms with E-state index in [-0.39, 0.29) is 0 Å². The summed E-state index contributed by atoms with van der Waals surface area (Å²) >= 11 is 0. The van der Waals surface area contributed by atoms with E-state index < -0.39 is 10.8 Å². The Balaban J connectivity index is 0.809. The molecule has 2 nitrogen and oxygen atoms in total. The number of fused-ring (bicyclic) bond motifs is 26. The molecule has 4 aliphatic carbocycles. The second kappa shape index (κ2) is 14.5. The van der Waals surface area contributed by atoms with Gasteiger partial charge in [0.05, 0.1) is 38.6 Å². The highest BCUT2D eigenvalue weighted by atomic mass is 15.0. The summed E-state index contributed by atoms with van der Waals surface area (Å²) < 4.78 is 5.03. The van der Waals surface area contributed by atoms with Crippen LogP contribution in [0.15, 0.2) is 267 Å². The van der Waals surface area contributed by atoms with E-state index >= 15 is 0 Å². The maximum atomic E-state index is 2.54. The fourth-order valence-corrected chi connectivity index (χ4v) is 15.4. The molecule has 0 amide bonds. The van der Waals surface area contributed by atoms with Gasteiger partial charge >= 0.3 is 0 Å². The van der Waals surface area contributed by atoms with E-state index in [1.54, 1.807) is 0 Å². The third-order valence-electron chi connectivity index (χ3n) is 18.2. The van der Waals surface area contributed by atoms with Gasteiger partial charge in [0.2, 0.25) is 0 Å². The Kier molecular flexibility index (Phi) is 7.77.